The van der Waals surface area contributed by atoms with E-state index in [4.69, 9.17) is 10.5 Å². The zero-order chi connectivity index (χ0) is 13.8. The van der Waals surface area contributed by atoms with Gasteiger partial charge in [0.05, 0.1) is 13.3 Å². The Kier molecular flexibility index (Phi) is 4.06. The van der Waals surface area contributed by atoms with Gasteiger partial charge in [0, 0.05) is 12.2 Å². The van der Waals surface area contributed by atoms with Crippen LogP contribution in [0.25, 0.3) is 0 Å². The van der Waals surface area contributed by atoms with Crippen molar-refractivity contribution in [2.24, 2.45) is 5.73 Å². The molecule has 19 heavy (non-hydrogen) atoms. The van der Waals surface area contributed by atoms with Crippen LogP contribution >= 0.6 is 0 Å². The Bertz CT molecular complexity index is 575. The van der Waals surface area contributed by atoms with Gasteiger partial charge in [0.15, 0.2) is 11.6 Å². The molecule has 1 atom stereocenters. The molecule has 0 saturated carbocycles. The van der Waals surface area contributed by atoms with Gasteiger partial charge in [-0.15, -0.1) is 0 Å². The predicted octanol–water partition coefficient (Wildman–Crippen LogP) is 2.61. The lowest BCUT2D eigenvalue weighted by molar-refractivity contribution is 0.383. The first kappa shape index (κ1) is 13.4. The van der Waals surface area contributed by atoms with Gasteiger partial charge in [-0.3, -0.25) is 4.98 Å². The Morgan fingerprint density at radius 2 is 2.11 bits per heavy atom. The molecule has 2 N–H and O–H groups in total. The van der Waals surface area contributed by atoms with Crippen LogP contribution in [0.3, 0.4) is 0 Å². The van der Waals surface area contributed by atoms with Crippen LogP contribution in [-0.2, 0) is 6.42 Å². The molecular formula is C14H14F2N2O. The lowest BCUT2D eigenvalue weighted by Gasteiger charge is -2.13. The summed E-state index contributed by atoms with van der Waals surface area (Å²) < 4.78 is 31.9. The van der Waals surface area contributed by atoms with Crippen molar-refractivity contribution >= 4 is 0 Å². The third-order valence-electron chi connectivity index (χ3n) is 2.86. The molecule has 0 aliphatic carbocycles. The van der Waals surface area contributed by atoms with Gasteiger partial charge in [-0.1, -0.05) is 12.1 Å². The van der Waals surface area contributed by atoms with E-state index < -0.39 is 17.7 Å². The summed E-state index contributed by atoms with van der Waals surface area (Å²) in [5.74, 6) is -0.731. The second-order valence-corrected chi connectivity index (χ2v) is 4.18. The number of hydrogen-bond acceptors (Lipinski definition) is 3. The number of nitrogens with two attached hydrogens (primary N) is 1. The highest BCUT2D eigenvalue weighted by molar-refractivity contribution is 5.32. The molecule has 0 bridgehead atoms. The summed E-state index contributed by atoms with van der Waals surface area (Å²) in [4.78, 5) is 3.73. The summed E-state index contributed by atoms with van der Waals surface area (Å²) in [6, 6.07) is 5.63. The normalized spacial score (nSPS) is 12.2. The molecule has 1 aromatic heterocycles. The van der Waals surface area contributed by atoms with Crippen LogP contribution in [-0.4, -0.2) is 12.1 Å². The summed E-state index contributed by atoms with van der Waals surface area (Å²) in [5, 5.41) is 0. The third kappa shape index (κ3) is 3.06. The van der Waals surface area contributed by atoms with Gasteiger partial charge in [0.1, 0.15) is 5.82 Å². The van der Waals surface area contributed by atoms with Crippen LogP contribution in [0.1, 0.15) is 17.2 Å². The lowest BCUT2D eigenvalue weighted by atomic mass is 10.0. The molecule has 0 amide bonds. The number of benzene rings is 1. The molecule has 0 aliphatic heterocycles. The average molecular weight is 264 g/mol. The van der Waals surface area contributed by atoms with Crippen molar-refractivity contribution in [3.63, 3.8) is 0 Å². The number of aromatic nitrogens is 1. The molecule has 100 valence electrons. The van der Waals surface area contributed by atoms with E-state index in [1.165, 1.54) is 25.4 Å². The highest BCUT2D eigenvalue weighted by Crippen LogP contribution is 2.24. The van der Waals surface area contributed by atoms with Crippen LogP contribution in [0.4, 0.5) is 8.78 Å². The highest BCUT2D eigenvalue weighted by atomic mass is 19.1. The van der Waals surface area contributed by atoms with Gasteiger partial charge < -0.3 is 10.5 Å². The van der Waals surface area contributed by atoms with E-state index >= 15 is 0 Å². The third-order valence-corrected chi connectivity index (χ3v) is 2.86. The van der Waals surface area contributed by atoms with Gasteiger partial charge in [0.2, 0.25) is 0 Å². The topological polar surface area (TPSA) is 48.1 Å². The summed E-state index contributed by atoms with van der Waals surface area (Å²) in [6.07, 6.45) is 2.82. The second kappa shape index (κ2) is 5.75. The van der Waals surface area contributed by atoms with Crippen molar-refractivity contribution in [1.29, 1.82) is 0 Å². The Balaban J connectivity index is 2.21. The van der Waals surface area contributed by atoms with Crippen LogP contribution in [0, 0.1) is 11.6 Å². The highest BCUT2D eigenvalue weighted by Gasteiger charge is 2.14. The fourth-order valence-corrected chi connectivity index (χ4v) is 1.86. The van der Waals surface area contributed by atoms with Crippen molar-refractivity contribution in [2.75, 3.05) is 7.11 Å². The van der Waals surface area contributed by atoms with E-state index in [0.29, 0.717) is 11.1 Å². The predicted molar refractivity (Wildman–Crippen MR) is 67.8 cm³/mol. The Labute approximate surface area is 110 Å². The van der Waals surface area contributed by atoms with Crippen molar-refractivity contribution in [1.82, 2.24) is 4.98 Å². The minimum atomic E-state index is -0.523. The summed E-state index contributed by atoms with van der Waals surface area (Å²) in [5.41, 5.74) is 6.90. The van der Waals surface area contributed by atoms with Gasteiger partial charge in [-0.05, 0) is 29.7 Å². The summed E-state index contributed by atoms with van der Waals surface area (Å²) in [7, 11) is 1.40. The number of methoxy groups -OCH3 is 1. The number of pyridine rings is 1. The minimum absolute atomic E-state index is 0.169. The summed E-state index contributed by atoms with van der Waals surface area (Å²) >= 11 is 0. The van der Waals surface area contributed by atoms with Gasteiger partial charge >= 0.3 is 0 Å². The molecule has 2 rings (SSSR count). The maximum Gasteiger partial charge on any atom is 0.168 e. The molecule has 1 aromatic carbocycles. The second-order valence-electron chi connectivity index (χ2n) is 4.18. The first-order valence-electron chi connectivity index (χ1n) is 5.79. The van der Waals surface area contributed by atoms with Crippen molar-refractivity contribution in [3.05, 3.63) is 59.4 Å². The molecule has 0 spiro atoms. The molecule has 0 fully saturated rings. The molecule has 0 saturated heterocycles. The molecule has 2 aromatic rings. The SMILES string of the molecule is COc1cccc(CC(N)c2cncc(F)c2)c1F. The van der Waals surface area contributed by atoms with E-state index in [-0.39, 0.29) is 12.2 Å². The molecule has 1 unspecified atom stereocenters. The Morgan fingerprint density at radius 1 is 1.32 bits per heavy atom. The van der Waals surface area contributed by atoms with E-state index in [1.807, 2.05) is 0 Å². The van der Waals surface area contributed by atoms with Gasteiger partial charge in [-0.2, -0.15) is 0 Å². The van der Waals surface area contributed by atoms with Crippen LogP contribution < -0.4 is 10.5 Å². The molecule has 0 aliphatic rings. The lowest BCUT2D eigenvalue weighted by Crippen LogP contribution is -2.15. The first-order chi connectivity index (χ1) is 9.11. The number of ether oxygens (including phenoxy) is 1. The fraction of sp³-hybridized carbons (Fsp3) is 0.214. The zero-order valence-electron chi connectivity index (χ0n) is 10.4. The van der Waals surface area contributed by atoms with E-state index in [1.54, 1.807) is 12.1 Å². The molecule has 3 nitrogen and oxygen atoms in total. The quantitative estimate of drug-likeness (QED) is 0.923. The van der Waals surface area contributed by atoms with Crippen molar-refractivity contribution < 1.29 is 13.5 Å². The van der Waals surface area contributed by atoms with Gasteiger partial charge in [0.25, 0.3) is 0 Å². The minimum Gasteiger partial charge on any atom is -0.494 e. The standard InChI is InChI=1S/C14H14F2N2O/c1-19-13-4-2-3-9(14(13)16)6-12(17)10-5-11(15)8-18-7-10/h2-5,7-8,12H,6,17H2,1H3. The molecule has 5 heteroatoms. The fourth-order valence-electron chi connectivity index (χ4n) is 1.86. The number of rotatable bonds is 4. The number of nitrogens with zero attached hydrogens (tertiary/aromatic N) is 1. The Hall–Kier alpha value is -2.01. The maximum absolute atomic E-state index is 14.0. The van der Waals surface area contributed by atoms with Crippen LogP contribution in [0.15, 0.2) is 36.7 Å². The average Bonchev–Trinajstić information content (AvgIpc) is 2.41. The largest absolute Gasteiger partial charge is 0.494 e. The molecular weight excluding hydrogens is 250 g/mol. The van der Waals surface area contributed by atoms with E-state index in [2.05, 4.69) is 4.98 Å². The zero-order valence-corrected chi connectivity index (χ0v) is 10.4. The van der Waals surface area contributed by atoms with E-state index in [0.717, 1.165) is 6.20 Å². The smallest absolute Gasteiger partial charge is 0.168 e. The summed E-state index contributed by atoms with van der Waals surface area (Å²) in [6.45, 7) is 0. The maximum atomic E-state index is 14.0. The molecule has 1 heterocycles. The molecule has 0 radical (unpaired) electrons. The van der Waals surface area contributed by atoms with Crippen molar-refractivity contribution in [2.45, 2.75) is 12.5 Å². The van der Waals surface area contributed by atoms with E-state index in [9.17, 15) is 8.78 Å². The van der Waals surface area contributed by atoms with Crippen LogP contribution in [0.5, 0.6) is 5.75 Å². The monoisotopic (exact) mass is 264 g/mol. The first-order valence-corrected chi connectivity index (χ1v) is 5.79. The number of halogens is 2. The van der Waals surface area contributed by atoms with Gasteiger partial charge in [-0.25, -0.2) is 8.78 Å². The van der Waals surface area contributed by atoms with Crippen LogP contribution in [0.2, 0.25) is 0 Å². The number of hydrogen-bond donors (Lipinski definition) is 1. The Morgan fingerprint density at radius 3 is 2.79 bits per heavy atom. The van der Waals surface area contributed by atoms with Crippen molar-refractivity contribution in [3.8, 4) is 5.75 Å².